The Hall–Kier alpha value is -1.77. The number of anilines is 1. The van der Waals surface area contributed by atoms with Gasteiger partial charge in [-0.1, -0.05) is 32.3 Å². The minimum Gasteiger partial charge on any atom is -0.423 e. The van der Waals surface area contributed by atoms with Crippen LogP contribution in [0.1, 0.15) is 38.2 Å². The van der Waals surface area contributed by atoms with E-state index in [2.05, 4.69) is 13.0 Å². The fourth-order valence-corrected chi connectivity index (χ4v) is 2.14. The zero-order valence-electron chi connectivity index (χ0n) is 10.7. The van der Waals surface area contributed by atoms with E-state index >= 15 is 0 Å². The number of hydrogen-bond donors (Lipinski definition) is 1. The predicted octanol–water partition coefficient (Wildman–Crippen LogP) is 3.50. The van der Waals surface area contributed by atoms with Crippen LogP contribution in [-0.2, 0) is 6.42 Å². The highest BCUT2D eigenvalue weighted by Crippen LogP contribution is 2.21. The van der Waals surface area contributed by atoms with Gasteiger partial charge in [0, 0.05) is 17.1 Å². The summed E-state index contributed by atoms with van der Waals surface area (Å²) in [4.78, 5) is 11.3. The Morgan fingerprint density at radius 3 is 2.78 bits per heavy atom. The fourth-order valence-electron chi connectivity index (χ4n) is 2.14. The van der Waals surface area contributed by atoms with Crippen molar-refractivity contribution in [1.82, 2.24) is 0 Å². The van der Waals surface area contributed by atoms with Crippen molar-refractivity contribution in [3.05, 3.63) is 40.2 Å². The van der Waals surface area contributed by atoms with Crippen LogP contribution < -0.4 is 11.4 Å². The normalized spacial score (nSPS) is 10.9. The Kier molecular flexibility index (Phi) is 4.03. The highest BCUT2D eigenvalue weighted by atomic mass is 16.4. The molecule has 3 heteroatoms. The molecule has 0 aliphatic carbocycles. The van der Waals surface area contributed by atoms with Gasteiger partial charge in [0.15, 0.2) is 0 Å². The van der Waals surface area contributed by atoms with E-state index < -0.39 is 0 Å². The fraction of sp³-hybridized carbons (Fsp3) is 0.400. The first kappa shape index (κ1) is 12.7. The molecule has 0 amide bonds. The topological polar surface area (TPSA) is 56.2 Å². The maximum atomic E-state index is 11.3. The number of fused-ring (bicyclic) bond motifs is 1. The molecule has 0 aliphatic heterocycles. The lowest BCUT2D eigenvalue weighted by atomic mass is 10.0. The second-order valence-corrected chi connectivity index (χ2v) is 4.66. The Balaban J connectivity index is 2.19. The van der Waals surface area contributed by atoms with Gasteiger partial charge in [0.05, 0.1) is 0 Å². The average Bonchev–Trinajstić information content (AvgIpc) is 2.34. The van der Waals surface area contributed by atoms with E-state index in [1.54, 1.807) is 0 Å². The van der Waals surface area contributed by atoms with E-state index in [1.807, 2.05) is 12.1 Å². The van der Waals surface area contributed by atoms with Crippen LogP contribution in [0.25, 0.3) is 11.0 Å². The summed E-state index contributed by atoms with van der Waals surface area (Å²) in [6.07, 6.45) is 5.95. The molecular weight excluding hydrogens is 226 g/mol. The minimum absolute atomic E-state index is 0.386. The monoisotopic (exact) mass is 245 g/mol. The molecule has 3 nitrogen and oxygen atoms in total. The van der Waals surface area contributed by atoms with Crippen molar-refractivity contribution in [3.63, 3.8) is 0 Å². The predicted molar refractivity (Wildman–Crippen MR) is 74.7 cm³/mol. The number of unbranched alkanes of at least 4 members (excludes halogenated alkanes) is 3. The van der Waals surface area contributed by atoms with Crippen molar-refractivity contribution in [2.24, 2.45) is 0 Å². The number of benzene rings is 1. The van der Waals surface area contributed by atoms with Gasteiger partial charge in [0.25, 0.3) is 0 Å². The van der Waals surface area contributed by atoms with Crippen LogP contribution in [0.2, 0.25) is 0 Å². The van der Waals surface area contributed by atoms with Crippen LogP contribution >= 0.6 is 0 Å². The summed E-state index contributed by atoms with van der Waals surface area (Å²) < 4.78 is 5.18. The zero-order chi connectivity index (χ0) is 13.0. The maximum Gasteiger partial charge on any atom is 0.338 e. The second-order valence-electron chi connectivity index (χ2n) is 4.66. The molecule has 18 heavy (non-hydrogen) atoms. The van der Waals surface area contributed by atoms with Gasteiger partial charge in [0.1, 0.15) is 5.58 Å². The van der Waals surface area contributed by atoms with Gasteiger partial charge < -0.3 is 10.2 Å². The Bertz CT molecular complexity index is 587. The van der Waals surface area contributed by atoms with Crippen molar-refractivity contribution in [3.8, 4) is 0 Å². The summed E-state index contributed by atoms with van der Waals surface area (Å²) in [5, 5.41) is 0.812. The summed E-state index contributed by atoms with van der Waals surface area (Å²) in [5.74, 6) is 0. The third-order valence-electron chi connectivity index (χ3n) is 3.16. The van der Waals surface area contributed by atoms with Crippen LogP contribution in [0.4, 0.5) is 5.69 Å². The van der Waals surface area contributed by atoms with Gasteiger partial charge >= 0.3 is 5.63 Å². The Labute approximate surface area is 107 Å². The highest BCUT2D eigenvalue weighted by molar-refractivity contribution is 5.88. The van der Waals surface area contributed by atoms with E-state index in [-0.39, 0.29) is 5.63 Å². The SMILES string of the molecule is CCCCCCc1ccc2c(N)cc(=O)oc2c1. The molecule has 0 saturated carbocycles. The molecule has 0 spiro atoms. The minimum atomic E-state index is -0.386. The third kappa shape index (κ3) is 2.92. The molecule has 0 saturated heterocycles. The molecule has 96 valence electrons. The molecular formula is C15H19NO2. The van der Waals surface area contributed by atoms with Gasteiger partial charge in [-0.2, -0.15) is 0 Å². The molecule has 2 N–H and O–H groups in total. The van der Waals surface area contributed by atoms with Crippen molar-refractivity contribution < 1.29 is 4.42 Å². The van der Waals surface area contributed by atoms with Gasteiger partial charge in [0.2, 0.25) is 0 Å². The van der Waals surface area contributed by atoms with Crippen LogP contribution in [0.15, 0.2) is 33.5 Å². The van der Waals surface area contributed by atoms with Crippen LogP contribution in [0.5, 0.6) is 0 Å². The summed E-state index contributed by atoms with van der Waals surface area (Å²) in [5.41, 5.74) is 7.68. The summed E-state index contributed by atoms with van der Waals surface area (Å²) >= 11 is 0. The van der Waals surface area contributed by atoms with Crippen molar-refractivity contribution >= 4 is 16.7 Å². The molecule has 0 radical (unpaired) electrons. The summed E-state index contributed by atoms with van der Waals surface area (Å²) in [6.45, 7) is 2.20. The molecule has 0 atom stereocenters. The van der Waals surface area contributed by atoms with Gasteiger partial charge in [-0.15, -0.1) is 0 Å². The lowest BCUT2D eigenvalue weighted by Gasteiger charge is -2.04. The first-order valence-electron chi connectivity index (χ1n) is 6.53. The smallest absolute Gasteiger partial charge is 0.338 e. The molecule has 0 fully saturated rings. The molecule has 1 aromatic carbocycles. The first-order chi connectivity index (χ1) is 8.70. The molecule has 0 unspecified atom stereocenters. The standard InChI is InChI=1S/C15H19NO2/c1-2-3-4-5-6-11-7-8-12-13(16)10-15(17)18-14(12)9-11/h7-10H,2-6,16H2,1H3. The van der Waals surface area contributed by atoms with Crippen LogP contribution in [0.3, 0.4) is 0 Å². The first-order valence-corrected chi connectivity index (χ1v) is 6.53. The van der Waals surface area contributed by atoms with Crippen molar-refractivity contribution in [2.75, 3.05) is 5.73 Å². The quantitative estimate of drug-likeness (QED) is 0.648. The molecule has 2 rings (SSSR count). The molecule has 1 heterocycles. The van der Waals surface area contributed by atoms with Gasteiger partial charge in [-0.05, 0) is 30.5 Å². The lowest BCUT2D eigenvalue weighted by Crippen LogP contribution is -2.00. The van der Waals surface area contributed by atoms with Crippen LogP contribution in [0, 0.1) is 0 Å². The molecule has 0 bridgehead atoms. The Morgan fingerprint density at radius 2 is 2.00 bits per heavy atom. The van der Waals surface area contributed by atoms with Crippen molar-refractivity contribution in [1.29, 1.82) is 0 Å². The largest absolute Gasteiger partial charge is 0.423 e. The number of rotatable bonds is 5. The van der Waals surface area contributed by atoms with Crippen molar-refractivity contribution in [2.45, 2.75) is 39.0 Å². The summed E-state index contributed by atoms with van der Waals surface area (Å²) in [6, 6.07) is 7.25. The Morgan fingerprint density at radius 1 is 1.17 bits per heavy atom. The number of nitrogens with two attached hydrogens (primary N) is 1. The summed E-state index contributed by atoms with van der Waals surface area (Å²) in [7, 11) is 0. The average molecular weight is 245 g/mol. The number of hydrogen-bond acceptors (Lipinski definition) is 3. The molecule has 0 aliphatic rings. The number of aryl methyl sites for hydroxylation is 1. The maximum absolute atomic E-state index is 11.3. The van der Waals surface area contributed by atoms with E-state index in [4.69, 9.17) is 10.2 Å². The number of nitrogen functional groups attached to an aromatic ring is 1. The highest BCUT2D eigenvalue weighted by Gasteiger charge is 2.03. The molecule has 2 aromatic rings. The van der Waals surface area contributed by atoms with E-state index in [0.29, 0.717) is 11.3 Å². The third-order valence-corrected chi connectivity index (χ3v) is 3.16. The second kappa shape index (κ2) is 5.71. The zero-order valence-corrected chi connectivity index (χ0v) is 10.7. The van der Waals surface area contributed by atoms with E-state index in [9.17, 15) is 4.79 Å². The van der Waals surface area contributed by atoms with E-state index in [0.717, 1.165) is 11.8 Å². The van der Waals surface area contributed by atoms with Gasteiger partial charge in [-0.3, -0.25) is 0 Å². The van der Waals surface area contributed by atoms with E-state index in [1.165, 1.54) is 37.3 Å². The van der Waals surface area contributed by atoms with Crippen LogP contribution in [-0.4, -0.2) is 0 Å². The lowest BCUT2D eigenvalue weighted by molar-refractivity contribution is 0.561. The molecule has 1 aromatic heterocycles. The van der Waals surface area contributed by atoms with Gasteiger partial charge in [-0.25, -0.2) is 4.79 Å².